The predicted octanol–water partition coefficient (Wildman–Crippen LogP) is 10.1. The van der Waals surface area contributed by atoms with Gasteiger partial charge in [0.2, 0.25) is 0 Å². The third-order valence-corrected chi connectivity index (χ3v) is 11.6. The average Bonchev–Trinajstić information content (AvgIpc) is 3.83. The van der Waals surface area contributed by atoms with Gasteiger partial charge in [-0.05, 0) is 41.0 Å². The number of fused-ring (bicyclic) bond motifs is 7. The minimum Gasteiger partial charge on any atom is -0.454 e. The van der Waals surface area contributed by atoms with E-state index in [1.54, 1.807) is 0 Å². The number of aromatic nitrogens is 3. The van der Waals surface area contributed by atoms with Crippen LogP contribution in [-0.2, 0) is 0 Å². The summed E-state index contributed by atoms with van der Waals surface area (Å²) in [6.07, 6.45) is 8.56. The van der Waals surface area contributed by atoms with Crippen LogP contribution in [0, 0.1) is 0 Å². The number of nitrogens with zero attached hydrogens (tertiary/aromatic N) is 3. The van der Waals surface area contributed by atoms with E-state index >= 15 is 0 Å². The van der Waals surface area contributed by atoms with Crippen LogP contribution in [0.2, 0.25) is 0 Å². The van der Waals surface area contributed by atoms with Gasteiger partial charge >= 0.3 is 0 Å². The van der Waals surface area contributed by atoms with Crippen LogP contribution in [0.25, 0.3) is 87.7 Å². The second-order valence-corrected chi connectivity index (χ2v) is 14.7. The maximum Gasteiger partial charge on any atom is 0.164 e. The lowest BCUT2D eigenvalue weighted by Gasteiger charge is -2.24. The first-order valence-corrected chi connectivity index (χ1v) is 18.9. The maximum absolute atomic E-state index is 6.64. The van der Waals surface area contributed by atoms with Gasteiger partial charge in [0.25, 0.3) is 0 Å². The van der Waals surface area contributed by atoms with Gasteiger partial charge in [-0.15, -0.1) is 11.3 Å². The molecule has 54 heavy (non-hydrogen) atoms. The minimum atomic E-state index is 0.0319. The van der Waals surface area contributed by atoms with E-state index in [4.69, 9.17) is 19.4 Å². The van der Waals surface area contributed by atoms with Crippen molar-refractivity contribution in [3.63, 3.8) is 0 Å². The van der Waals surface area contributed by atoms with Crippen LogP contribution in [0.3, 0.4) is 0 Å². The highest BCUT2D eigenvalue weighted by Crippen LogP contribution is 2.40. The van der Waals surface area contributed by atoms with Crippen molar-refractivity contribution in [1.29, 1.82) is 0 Å². The first-order valence-electron chi connectivity index (χ1n) is 18.1. The lowest BCUT2D eigenvalue weighted by molar-refractivity contribution is 0.562. The van der Waals surface area contributed by atoms with Gasteiger partial charge in [-0.1, -0.05) is 146 Å². The van der Waals surface area contributed by atoms with Crippen molar-refractivity contribution >= 4 is 53.7 Å². The molecule has 1 atom stereocenters. The van der Waals surface area contributed by atoms with Gasteiger partial charge in [-0.3, -0.25) is 0 Å². The largest absolute Gasteiger partial charge is 0.454 e. The minimum absolute atomic E-state index is 0.0319. The highest BCUT2D eigenvalue weighted by molar-refractivity contribution is 7.26. The number of furan rings is 1. The zero-order valence-corrected chi connectivity index (χ0v) is 29.7. The fourth-order valence-electron chi connectivity index (χ4n) is 7.77. The fourth-order valence-corrected chi connectivity index (χ4v) is 9.01. The number of benzene rings is 6. The van der Waals surface area contributed by atoms with Crippen LogP contribution in [-0.4, -0.2) is 21.0 Å². The van der Waals surface area contributed by atoms with Crippen molar-refractivity contribution in [2.24, 2.45) is 0 Å². The second kappa shape index (κ2) is 12.4. The summed E-state index contributed by atoms with van der Waals surface area (Å²) in [5.41, 5.74) is 10.0. The Labute approximate surface area is 314 Å². The first kappa shape index (κ1) is 30.7. The number of thiophene rings is 1. The van der Waals surface area contributed by atoms with Crippen molar-refractivity contribution in [2.75, 3.05) is 0 Å². The molecule has 6 heteroatoms. The van der Waals surface area contributed by atoms with Gasteiger partial charge in [0.15, 0.2) is 22.9 Å². The second-order valence-electron chi connectivity index (χ2n) is 13.6. The van der Waals surface area contributed by atoms with Crippen molar-refractivity contribution in [2.45, 2.75) is 6.04 Å². The van der Waals surface area contributed by atoms with E-state index in [0.29, 0.717) is 17.5 Å². The summed E-state index contributed by atoms with van der Waals surface area (Å²) < 4.78 is 9.24. The number of hydrogen-bond acceptors (Lipinski definition) is 6. The monoisotopic (exact) mass is 710 g/mol. The van der Waals surface area contributed by atoms with Crippen LogP contribution in [0.5, 0.6) is 0 Å². The summed E-state index contributed by atoms with van der Waals surface area (Å²) in [6.45, 7) is 0. The molecule has 0 radical (unpaired) electrons. The molecule has 0 spiro atoms. The summed E-state index contributed by atoms with van der Waals surface area (Å²) in [5.74, 6) is 1.86. The van der Waals surface area contributed by atoms with E-state index in [0.717, 1.165) is 55.1 Å². The van der Waals surface area contributed by atoms with Crippen LogP contribution >= 0.6 is 11.3 Å². The molecule has 0 fully saturated rings. The third kappa shape index (κ3) is 5.03. The van der Waals surface area contributed by atoms with Crippen LogP contribution in [0.1, 0.15) is 5.56 Å². The summed E-state index contributed by atoms with van der Waals surface area (Å²) in [7, 11) is 0. The summed E-state index contributed by atoms with van der Waals surface area (Å²) in [5, 5.41) is 8.44. The standard InChI is InChI=1S/C48H30N4OS/c1-3-12-30(13-4-1)43-44-42(37-17-7-9-20-39(37)49-43)38-28-33(26-27-40(38)53-44)48-51-46(31-14-5-2-6-15-31)50-47(52-48)32-24-22-29(23-25-32)34-18-11-19-36-35-16-8-10-21-41(35)54-45(34)36/h1-28,39,49H. The zero-order chi connectivity index (χ0) is 35.6. The third-order valence-electron chi connectivity index (χ3n) is 10.4. The topological polar surface area (TPSA) is 63.8 Å². The van der Waals surface area contributed by atoms with E-state index in [-0.39, 0.29) is 6.04 Å². The number of hydrogen-bond donors (Lipinski definition) is 1. The van der Waals surface area contributed by atoms with Crippen LogP contribution in [0.4, 0.5) is 0 Å². The molecule has 1 N–H and O–H groups in total. The quantitative estimate of drug-likeness (QED) is 0.193. The molecule has 1 aliphatic carbocycles. The molecule has 11 rings (SSSR count). The Balaban J connectivity index is 1.06. The zero-order valence-electron chi connectivity index (χ0n) is 28.9. The maximum atomic E-state index is 6.64. The smallest absolute Gasteiger partial charge is 0.164 e. The molecule has 0 saturated carbocycles. The van der Waals surface area contributed by atoms with Gasteiger partial charge in [-0.2, -0.15) is 0 Å². The Kier molecular flexibility index (Phi) is 7.03. The number of nitrogens with one attached hydrogen (secondary N) is 1. The number of allylic oxidation sites excluding steroid dienone is 2. The van der Waals surface area contributed by atoms with Crippen molar-refractivity contribution in [1.82, 2.24) is 20.3 Å². The fraction of sp³-hybridized carbons (Fsp3) is 0.0208. The molecule has 0 bridgehead atoms. The van der Waals surface area contributed by atoms with Gasteiger partial charge in [0, 0.05) is 53.0 Å². The normalized spacial score (nSPS) is 14.8. The van der Waals surface area contributed by atoms with E-state index in [1.807, 2.05) is 59.9 Å². The summed E-state index contributed by atoms with van der Waals surface area (Å²) >= 11 is 1.84. The SMILES string of the molecule is C1=CC2=c3c(oc4ccc(-c5nc(-c6ccccc6)nc(-c6ccc(-c7cccc8c7sc7ccccc78)cc6)n5)cc34)=C(c3ccccc3)NC2C=C1. The average molecular weight is 711 g/mol. The number of rotatable bonds is 5. The van der Waals surface area contributed by atoms with E-state index in [9.17, 15) is 0 Å². The molecular weight excluding hydrogens is 681 g/mol. The molecule has 3 aromatic heterocycles. The Morgan fingerprint density at radius 3 is 1.98 bits per heavy atom. The Morgan fingerprint density at radius 2 is 1.19 bits per heavy atom. The van der Waals surface area contributed by atoms with Gasteiger partial charge in [-0.25, -0.2) is 15.0 Å². The van der Waals surface area contributed by atoms with Crippen LogP contribution < -0.4 is 16.0 Å². The lowest BCUT2D eigenvalue weighted by Crippen LogP contribution is -2.44. The molecule has 6 aromatic carbocycles. The van der Waals surface area contributed by atoms with Gasteiger partial charge in [0.05, 0.1) is 11.7 Å². The first-order chi connectivity index (χ1) is 26.7. The van der Waals surface area contributed by atoms with Crippen molar-refractivity contribution in [3.8, 4) is 45.3 Å². The van der Waals surface area contributed by atoms with Crippen molar-refractivity contribution in [3.05, 3.63) is 186 Å². The molecular formula is C48H30N4OS. The predicted molar refractivity (Wildman–Crippen MR) is 221 cm³/mol. The molecule has 5 nitrogen and oxygen atoms in total. The van der Waals surface area contributed by atoms with E-state index in [1.165, 1.54) is 31.3 Å². The highest BCUT2D eigenvalue weighted by Gasteiger charge is 2.25. The molecule has 4 heterocycles. The van der Waals surface area contributed by atoms with E-state index < -0.39 is 0 Å². The molecule has 1 aliphatic heterocycles. The summed E-state index contributed by atoms with van der Waals surface area (Å²) in [6, 6.07) is 50.6. The van der Waals surface area contributed by atoms with Gasteiger partial charge < -0.3 is 9.73 Å². The van der Waals surface area contributed by atoms with Crippen molar-refractivity contribution < 1.29 is 4.42 Å². The Bertz CT molecular complexity index is 3120. The highest BCUT2D eigenvalue weighted by atomic mass is 32.1. The molecule has 1 unspecified atom stereocenters. The molecule has 2 aliphatic rings. The molecule has 0 amide bonds. The van der Waals surface area contributed by atoms with Gasteiger partial charge in [0.1, 0.15) is 5.58 Å². The molecule has 9 aromatic rings. The molecule has 254 valence electrons. The molecule has 0 saturated heterocycles. The van der Waals surface area contributed by atoms with E-state index in [2.05, 4.69) is 127 Å². The van der Waals surface area contributed by atoms with Crippen LogP contribution in [0.15, 0.2) is 174 Å². The Hall–Kier alpha value is -6.89. The summed E-state index contributed by atoms with van der Waals surface area (Å²) in [4.78, 5) is 15.2. The Morgan fingerprint density at radius 1 is 0.537 bits per heavy atom. The lowest BCUT2D eigenvalue weighted by atomic mass is 9.94.